The van der Waals surface area contributed by atoms with Gasteiger partial charge in [-0.3, -0.25) is 9.78 Å². The van der Waals surface area contributed by atoms with Crippen LogP contribution in [0, 0.1) is 17.2 Å². The second-order valence-electron chi connectivity index (χ2n) is 6.33. The highest BCUT2D eigenvalue weighted by atomic mass is 16.2. The second kappa shape index (κ2) is 7.75. The molecule has 1 aliphatic heterocycles. The summed E-state index contributed by atoms with van der Waals surface area (Å²) < 4.78 is 0. The monoisotopic (exact) mass is 335 g/mol. The molecule has 0 unspecified atom stereocenters. The molecule has 1 aliphatic rings. The molecule has 1 aromatic carbocycles. The van der Waals surface area contributed by atoms with Gasteiger partial charge in [-0.05, 0) is 30.5 Å². The van der Waals surface area contributed by atoms with E-state index in [0.29, 0.717) is 12.1 Å². The van der Waals surface area contributed by atoms with E-state index >= 15 is 0 Å². The fourth-order valence-electron chi connectivity index (χ4n) is 3.21. The van der Waals surface area contributed by atoms with Crippen LogP contribution in [0.3, 0.4) is 0 Å². The van der Waals surface area contributed by atoms with Crippen molar-refractivity contribution < 1.29 is 4.79 Å². The fraction of sp³-hybridized carbons (Fsp3) is 0.368. The van der Waals surface area contributed by atoms with Crippen LogP contribution in [0.4, 0.5) is 5.82 Å². The van der Waals surface area contributed by atoms with Crippen molar-refractivity contribution in [1.82, 2.24) is 14.9 Å². The summed E-state index contributed by atoms with van der Waals surface area (Å²) in [5, 5.41) is 8.98. The number of amides is 1. The van der Waals surface area contributed by atoms with Gasteiger partial charge < -0.3 is 9.80 Å². The maximum Gasteiger partial charge on any atom is 0.225 e. The molecule has 1 amide bonds. The maximum atomic E-state index is 12.7. The molecule has 3 rings (SSSR count). The summed E-state index contributed by atoms with van der Waals surface area (Å²) in [7, 11) is 1.83. The third-order valence-electron chi connectivity index (χ3n) is 4.57. The molecule has 2 aromatic rings. The minimum atomic E-state index is 0.0390. The molecule has 1 aromatic heterocycles. The number of hydrogen-bond donors (Lipinski definition) is 0. The smallest absolute Gasteiger partial charge is 0.225 e. The molecular weight excluding hydrogens is 314 g/mol. The van der Waals surface area contributed by atoms with Crippen molar-refractivity contribution in [2.75, 3.05) is 25.0 Å². The largest absolute Gasteiger partial charge is 0.355 e. The second-order valence-corrected chi connectivity index (χ2v) is 6.33. The zero-order chi connectivity index (χ0) is 17.6. The summed E-state index contributed by atoms with van der Waals surface area (Å²) in [4.78, 5) is 25.1. The molecule has 0 aliphatic carbocycles. The number of hydrogen-bond acceptors (Lipinski definition) is 5. The van der Waals surface area contributed by atoms with E-state index in [2.05, 4.69) is 20.9 Å². The van der Waals surface area contributed by atoms with Crippen LogP contribution in [-0.4, -0.2) is 40.9 Å². The first kappa shape index (κ1) is 16.9. The SMILES string of the molecule is CN(Cc1cccc(C#N)c1)C(=O)C1CCN(c2cnccn2)CC1. The van der Waals surface area contributed by atoms with E-state index in [4.69, 9.17) is 5.26 Å². The zero-order valence-corrected chi connectivity index (χ0v) is 14.3. The van der Waals surface area contributed by atoms with E-state index in [9.17, 15) is 4.79 Å². The molecular formula is C19H21N5O. The fourth-order valence-corrected chi connectivity index (χ4v) is 3.21. The molecule has 128 valence electrons. The molecule has 0 saturated carbocycles. The Hall–Kier alpha value is -2.94. The highest BCUT2D eigenvalue weighted by Gasteiger charge is 2.27. The van der Waals surface area contributed by atoms with Gasteiger partial charge in [-0.15, -0.1) is 0 Å². The average Bonchev–Trinajstić information content (AvgIpc) is 2.68. The van der Waals surface area contributed by atoms with Gasteiger partial charge in [-0.1, -0.05) is 12.1 Å². The van der Waals surface area contributed by atoms with Gasteiger partial charge in [0, 0.05) is 45.0 Å². The first-order valence-electron chi connectivity index (χ1n) is 8.42. The third kappa shape index (κ3) is 4.13. The van der Waals surface area contributed by atoms with Crippen LogP contribution in [0.25, 0.3) is 0 Å². The Labute approximate surface area is 147 Å². The number of carbonyl (C=O) groups excluding carboxylic acids is 1. The van der Waals surface area contributed by atoms with E-state index in [1.54, 1.807) is 29.6 Å². The molecule has 25 heavy (non-hydrogen) atoms. The third-order valence-corrected chi connectivity index (χ3v) is 4.57. The normalized spacial score (nSPS) is 14.8. The van der Waals surface area contributed by atoms with Crippen molar-refractivity contribution in [1.29, 1.82) is 5.26 Å². The van der Waals surface area contributed by atoms with Gasteiger partial charge >= 0.3 is 0 Å². The molecule has 2 heterocycles. The number of anilines is 1. The molecule has 6 heteroatoms. The highest BCUT2D eigenvalue weighted by Crippen LogP contribution is 2.23. The number of carbonyl (C=O) groups is 1. The Bertz CT molecular complexity index is 763. The van der Waals surface area contributed by atoms with Gasteiger partial charge in [0.25, 0.3) is 0 Å². The average molecular weight is 335 g/mol. The van der Waals surface area contributed by atoms with E-state index in [1.165, 1.54) is 0 Å². The van der Waals surface area contributed by atoms with Crippen LogP contribution in [0.1, 0.15) is 24.0 Å². The molecule has 1 saturated heterocycles. The minimum Gasteiger partial charge on any atom is -0.355 e. The number of piperidine rings is 1. The summed E-state index contributed by atoms with van der Waals surface area (Å²) in [6, 6.07) is 9.54. The Morgan fingerprint density at radius 1 is 1.36 bits per heavy atom. The van der Waals surface area contributed by atoms with Crippen LogP contribution in [0.5, 0.6) is 0 Å². The van der Waals surface area contributed by atoms with Crippen LogP contribution >= 0.6 is 0 Å². The van der Waals surface area contributed by atoms with Crippen LogP contribution in [0.2, 0.25) is 0 Å². The van der Waals surface area contributed by atoms with E-state index in [1.807, 2.05) is 25.2 Å². The van der Waals surface area contributed by atoms with E-state index in [-0.39, 0.29) is 11.8 Å². The van der Waals surface area contributed by atoms with Crippen molar-refractivity contribution in [3.63, 3.8) is 0 Å². The first-order chi connectivity index (χ1) is 12.2. The van der Waals surface area contributed by atoms with Crippen molar-refractivity contribution in [2.45, 2.75) is 19.4 Å². The molecule has 0 N–H and O–H groups in total. The molecule has 0 bridgehead atoms. The van der Waals surface area contributed by atoms with Crippen molar-refractivity contribution in [3.8, 4) is 6.07 Å². The predicted octanol–water partition coefficient (Wildman–Crippen LogP) is 2.22. The molecule has 1 fully saturated rings. The minimum absolute atomic E-state index is 0.0390. The molecule has 0 radical (unpaired) electrons. The maximum absolute atomic E-state index is 12.7. The summed E-state index contributed by atoms with van der Waals surface area (Å²) in [6.07, 6.45) is 6.75. The first-order valence-corrected chi connectivity index (χ1v) is 8.42. The number of rotatable bonds is 4. The topological polar surface area (TPSA) is 73.1 Å². The lowest BCUT2D eigenvalue weighted by molar-refractivity contribution is -0.135. The summed E-state index contributed by atoms with van der Waals surface area (Å²) >= 11 is 0. The Balaban J connectivity index is 1.56. The number of benzene rings is 1. The number of nitrogens with zero attached hydrogens (tertiary/aromatic N) is 5. The lowest BCUT2D eigenvalue weighted by atomic mass is 9.95. The molecule has 0 spiro atoms. The standard InChI is InChI=1S/C19H21N5O/c1-23(14-16-4-2-3-15(11-16)12-20)19(25)17-5-9-24(10-6-17)18-13-21-7-8-22-18/h2-4,7-8,11,13,17H,5-6,9-10,14H2,1H3. The van der Waals surface area contributed by atoms with Gasteiger partial charge in [-0.25, -0.2) is 4.98 Å². The summed E-state index contributed by atoms with van der Waals surface area (Å²) in [5.74, 6) is 1.08. The Morgan fingerprint density at radius 2 is 2.16 bits per heavy atom. The van der Waals surface area contributed by atoms with Crippen molar-refractivity contribution >= 4 is 11.7 Å². The van der Waals surface area contributed by atoms with Crippen molar-refractivity contribution in [3.05, 3.63) is 54.0 Å². The van der Waals surface area contributed by atoms with Gasteiger partial charge in [0.1, 0.15) is 5.82 Å². The molecule has 0 atom stereocenters. The molecule has 6 nitrogen and oxygen atoms in total. The van der Waals surface area contributed by atoms with Gasteiger partial charge in [-0.2, -0.15) is 5.26 Å². The zero-order valence-electron chi connectivity index (χ0n) is 14.3. The lowest BCUT2D eigenvalue weighted by Gasteiger charge is -2.33. The van der Waals surface area contributed by atoms with E-state index in [0.717, 1.165) is 37.3 Å². The Kier molecular flexibility index (Phi) is 5.24. The number of aromatic nitrogens is 2. The quantitative estimate of drug-likeness (QED) is 0.856. The summed E-state index contributed by atoms with van der Waals surface area (Å²) in [5.41, 5.74) is 1.60. The number of nitriles is 1. The van der Waals surface area contributed by atoms with Crippen LogP contribution < -0.4 is 4.90 Å². The van der Waals surface area contributed by atoms with E-state index < -0.39 is 0 Å². The summed E-state index contributed by atoms with van der Waals surface area (Å²) in [6.45, 7) is 2.15. The predicted molar refractivity (Wildman–Crippen MR) is 94.6 cm³/mol. The van der Waals surface area contributed by atoms with Gasteiger partial charge in [0.05, 0.1) is 17.8 Å². The van der Waals surface area contributed by atoms with Gasteiger partial charge in [0.15, 0.2) is 0 Å². The van der Waals surface area contributed by atoms with Crippen LogP contribution in [0.15, 0.2) is 42.9 Å². The van der Waals surface area contributed by atoms with Crippen LogP contribution in [-0.2, 0) is 11.3 Å². The van der Waals surface area contributed by atoms with Gasteiger partial charge in [0.2, 0.25) is 5.91 Å². The lowest BCUT2D eigenvalue weighted by Crippen LogP contribution is -2.41. The van der Waals surface area contributed by atoms with Crippen molar-refractivity contribution in [2.24, 2.45) is 5.92 Å². The highest BCUT2D eigenvalue weighted by molar-refractivity contribution is 5.79. The Morgan fingerprint density at radius 3 is 2.84 bits per heavy atom.